The summed E-state index contributed by atoms with van der Waals surface area (Å²) in [6, 6.07) is 8.78. The lowest BCUT2D eigenvalue weighted by Crippen LogP contribution is -2.57. The Balaban J connectivity index is 1.71. The zero-order chi connectivity index (χ0) is 12.4. The monoisotopic (exact) mass is 307 g/mol. The van der Waals surface area contributed by atoms with Gasteiger partial charge < -0.3 is 5.32 Å². The molecule has 1 aliphatic heterocycles. The summed E-state index contributed by atoms with van der Waals surface area (Å²) in [4.78, 5) is 0. The van der Waals surface area contributed by atoms with Crippen molar-refractivity contribution < 1.29 is 0 Å². The van der Waals surface area contributed by atoms with Crippen molar-refractivity contribution in [2.75, 3.05) is 13.1 Å². The second-order valence-corrected chi connectivity index (χ2v) is 6.91. The number of halogens is 1. The van der Waals surface area contributed by atoms with Crippen molar-refractivity contribution in [3.63, 3.8) is 0 Å². The zero-order valence-electron chi connectivity index (χ0n) is 10.9. The van der Waals surface area contributed by atoms with Gasteiger partial charge in [0.1, 0.15) is 0 Å². The van der Waals surface area contributed by atoms with E-state index in [1.54, 1.807) is 0 Å². The molecule has 1 aromatic carbocycles. The van der Waals surface area contributed by atoms with Crippen molar-refractivity contribution in [2.45, 2.75) is 43.9 Å². The highest BCUT2D eigenvalue weighted by molar-refractivity contribution is 9.10. The minimum Gasteiger partial charge on any atom is -0.315 e. The second-order valence-electron chi connectivity index (χ2n) is 6.05. The summed E-state index contributed by atoms with van der Waals surface area (Å²) in [5.74, 6) is 1.00. The first kappa shape index (κ1) is 12.7. The molecular formula is C16H22BrN. The lowest BCUT2D eigenvalue weighted by molar-refractivity contribution is 0.235. The van der Waals surface area contributed by atoms with Gasteiger partial charge in [-0.25, -0.2) is 0 Å². The molecule has 1 N–H and O–H groups in total. The number of hydrogen-bond acceptors (Lipinski definition) is 1. The third-order valence-corrected chi connectivity index (χ3v) is 5.57. The normalized spacial score (nSPS) is 22.9. The number of rotatable bonds is 4. The molecule has 1 aliphatic carbocycles. The van der Waals surface area contributed by atoms with Crippen LogP contribution in [0, 0.1) is 5.92 Å². The highest BCUT2D eigenvalue weighted by Crippen LogP contribution is 2.40. The first-order chi connectivity index (χ1) is 8.80. The predicted octanol–water partition coefficient (Wildman–Crippen LogP) is 4.26. The SMILES string of the molecule is Brc1ccccc1C1(CCC2CCCC2)CNC1. The van der Waals surface area contributed by atoms with E-state index in [0.717, 1.165) is 19.0 Å². The van der Waals surface area contributed by atoms with Crippen LogP contribution in [0.4, 0.5) is 0 Å². The molecule has 1 heterocycles. The van der Waals surface area contributed by atoms with Gasteiger partial charge in [-0.05, 0) is 30.4 Å². The molecule has 1 aromatic rings. The van der Waals surface area contributed by atoms with Gasteiger partial charge >= 0.3 is 0 Å². The Morgan fingerprint density at radius 3 is 2.50 bits per heavy atom. The Bertz CT molecular complexity index is 405. The molecule has 98 valence electrons. The van der Waals surface area contributed by atoms with Crippen LogP contribution in [-0.2, 0) is 5.41 Å². The lowest BCUT2D eigenvalue weighted by atomic mass is 9.70. The molecule has 0 aromatic heterocycles. The molecule has 0 amide bonds. The number of benzene rings is 1. The Morgan fingerprint density at radius 2 is 1.89 bits per heavy atom. The van der Waals surface area contributed by atoms with E-state index in [9.17, 15) is 0 Å². The van der Waals surface area contributed by atoms with E-state index in [2.05, 4.69) is 45.5 Å². The van der Waals surface area contributed by atoms with Crippen LogP contribution in [0.3, 0.4) is 0 Å². The molecule has 2 heteroatoms. The van der Waals surface area contributed by atoms with E-state index < -0.39 is 0 Å². The fraction of sp³-hybridized carbons (Fsp3) is 0.625. The summed E-state index contributed by atoms with van der Waals surface area (Å²) >= 11 is 3.73. The smallest absolute Gasteiger partial charge is 0.0214 e. The van der Waals surface area contributed by atoms with Crippen LogP contribution >= 0.6 is 15.9 Å². The molecule has 1 saturated heterocycles. The van der Waals surface area contributed by atoms with Crippen molar-refractivity contribution in [3.05, 3.63) is 34.3 Å². The van der Waals surface area contributed by atoms with E-state index in [4.69, 9.17) is 0 Å². The zero-order valence-corrected chi connectivity index (χ0v) is 12.5. The molecule has 0 bridgehead atoms. The number of nitrogens with one attached hydrogen (secondary N) is 1. The maximum Gasteiger partial charge on any atom is 0.0214 e. The summed E-state index contributed by atoms with van der Waals surface area (Å²) in [5, 5.41) is 3.48. The minimum atomic E-state index is 0.405. The van der Waals surface area contributed by atoms with E-state index in [1.165, 1.54) is 48.6 Å². The van der Waals surface area contributed by atoms with Crippen molar-refractivity contribution in [2.24, 2.45) is 5.92 Å². The highest BCUT2D eigenvalue weighted by atomic mass is 79.9. The van der Waals surface area contributed by atoms with Crippen LogP contribution in [0.2, 0.25) is 0 Å². The van der Waals surface area contributed by atoms with Gasteiger partial charge in [0.25, 0.3) is 0 Å². The van der Waals surface area contributed by atoms with Crippen molar-refractivity contribution in [1.29, 1.82) is 0 Å². The Kier molecular flexibility index (Phi) is 3.76. The van der Waals surface area contributed by atoms with Gasteiger partial charge in [0.05, 0.1) is 0 Å². The summed E-state index contributed by atoms with van der Waals surface area (Å²) in [7, 11) is 0. The van der Waals surface area contributed by atoms with Crippen molar-refractivity contribution >= 4 is 15.9 Å². The largest absolute Gasteiger partial charge is 0.315 e. The predicted molar refractivity (Wildman–Crippen MR) is 79.9 cm³/mol. The lowest BCUT2D eigenvalue weighted by Gasteiger charge is -2.44. The van der Waals surface area contributed by atoms with Crippen molar-refractivity contribution in [3.8, 4) is 0 Å². The average Bonchev–Trinajstić information content (AvgIpc) is 2.83. The fourth-order valence-corrected chi connectivity index (χ4v) is 4.30. The molecule has 2 aliphatic rings. The molecule has 1 nitrogen and oxygen atoms in total. The summed E-state index contributed by atoms with van der Waals surface area (Å²) in [5.41, 5.74) is 1.92. The van der Waals surface area contributed by atoms with Crippen molar-refractivity contribution in [1.82, 2.24) is 5.32 Å². The summed E-state index contributed by atoms with van der Waals surface area (Å²) < 4.78 is 1.29. The molecule has 2 fully saturated rings. The Morgan fingerprint density at radius 1 is 1.17 bits per heavy atom. The Labute approximate surface area is 118 Å². The van der Waals surface area contributed by atoms with Crippen LogP contribution in [-0.4, -0.2) is 13.1 Å². The first-order valence-corrected chi connectivity index (χ1v) is 8.05. The van der Waals surface area contributed by atoms with Gasteiger partial charge in [-0.1, -0.05) is 59.8 Å². The molecule has 18 heavy (non-hydrogen) atoms. The maximum absolute atomic E-state index is 3.73. The van der Waals surface area contributed by atoms with E-state index in [0.29, 0.717) is 5.41 Å². The minimum absolute atomic E-state index is 0.405. The van der Waals surface area contributed by atoms with Crippen LogP contribution in [0.1, 0.15) is 44.1 Å². The third-order valence-electron chi connectivity index (χ3n) is 4.88. The maximum atomic E-state index is 3.73. The molecule has 0 unspecified atom stereocenters. The van der Waals surface area contributed by atoms with Gasteiger partial charge in [-0.2, -0.15) is 0 Å². The van der Waals surface area contributed by atoms with Crippen LogP contribution in [0.15, 0.2) is 28.7 Å². The quantitative estimate of drug-likeness (QED) is 0.876. The van der Waals surface area contributed by atoms with Gasteiger partial charge in [0.2, 0.25) is 0 Å². The molecule has 0 spiro atoms. The van der Waals surface area contributed by atoms with E-state index in [1.807, 2.05) is 0 Å². The molecule has 1 saturated carbocycles. The Hall–Kier alpha value is -0.340. The van der Waals surface area contributed by atoms with Gasteiger partial charge in [-0.3, -0.25) is 0 Å². The molecule has 0 radical (unpaired) electrons. The third kappa shape index (κ3) is 2.37. The van der Waals surface area contributed by atoms with Crippen LogP contribution in [0.25, 0.3) is 0 Å². The number of hydrogen-bond donors (Lipinski definition) is 1. The van der Waals surface area contributed by atoms with Gasteiger partial charge in [-0.15, -0.1) is 0 Å². The topological polar surface area (TPSA) is 12.0 Å². The van der Waals surface area contributed by atoms with Crippen LogP contribution in [0.5, 0.6) is 0 Å². The fourth-order valence-electron chi connectivity index (χ4n) is 3.60. The standard InChI is InChI=1S/C16H22BrN/c17-15-8-4-3-7-14(15)16(11-18-12-16)10-9-13-5-1-2-6-13/h3-4,7-8,13,18H,1-2,5-6,9-12H2. The van der Waals surface area contributed by atoms with E-state index in [-0.39, 0.29) is 0 Å². The van der Waals surface area contributed by atoms with Gasteiger partial charge in [0.15, 0.2) is 0 Å². The average molecular weight is 308 g/mol. The summed E-state index contributed by atoms with van der Waals surface area (Å²) in [6.07, 6.45) is 8.64. The molecule has 3 rings (SSSR count). The first-order valence-electron chi connectivity index (χ1n) is 7.26. The second kappa shape index (κ2) is 5.34. The van der Waals surface area contributed by atoms with Gasteiger partial charge in [0, 0.05) is 23.0 Å². The molecular weight excluding hydrogens is 286 g/mol. The molecule has 0 atom stereocenters. The van der Waals surface area contributed by atoms with Crippen LogP contribution < -0.4 is 5.32 Å². The highest BCUT2D eigenvalue weighted by Gasteiger charge is 2.39. The summed E-state index contributed by atoms with van der Waals surface area (Å²) in [6.45, 7) is 2.31. The van der Waals surface area contributed by atoms with E-state index >= 15 is 0 Å².